The second kappa shape index (κ2) is 6.13. The molecule has 0 aliphatic heterocycles. The van der Waals surface area contributed by atoms with Gasteiger partial charge in [0.2, 0.25) is 0 Å². The van der Waals surface area contributed by atoms with Gasteiger partial charge in [0.15, 0.2) is 0 Å². The van der Waals surface area contributed by atoms with E-state index in [9.17, 15) is 4.39 Å². The van der Waals surface area contributed by atoms with E-state index in [1.807, 2.05) is 19.1 Å². The third-order valence-corrected chi connectivity index (χ3v) is 5.24. The fourth-order valence-corrected chi connectivity index (χ4v) is 3.40. The molecule has 0 N–H and O–H groups in total. The van der Waals surface area contributed by atoms with E-state index >= 15 is 0 Å². The van der Waals surface area contributed by atoms with Crippen LogP contribution in [0.3, 0.4) is 0 Å². The van der Waals surface area contributed by atoms with E-state index in [0.717, 1.165) is 11.1 Å². The highest BCUT2D eigenvalue weighted by atomic mass is 79.9. The minimum absolute atomic E-state index is 0.268. The molecule has 0 heterocycles. The van der Waals surface area contributed by atoms with E-state index in [2.05, 4.69) is 31.9 Å². The van der Waals surface area contributed by atoms with Crippen molar-refractivity contribution in [1.29, 1.82) is 0 Å². The molecule has 19 heavy (non-hydrogen) atoms. The zero-order valence-corrected chi connectivity index (χ0v) is 14.5. The average Bonchev–Trinajstić information content (AvgIpc) is 2.33. The van der Waals surface area contributed by atoms with Crippen LogP contribution in [-0.4, -0.2) is 0 Å². The zero-order valence-electron chi connectivity index (χ0n) is 9.85. The number of hydrogen-bond acceptors (Lipinski definition) is 0. The van der Waals surface area contributed by atoms with Crippen molar-refractivity contribution in [3.8, 4) is 0 Å². The van der Waals surface area contributed by atoms with Crippen molar-refractivity contribution in [2.24, 2.45) is 0 Å². The number of benzene rings is 2. The SMILES string of the molecule is Cc1cc(Cl)ccc1C(Br)c1cc(Cl)c(Br)cc1F. The lowest BCUT2D eigenvalue weighted by Crippen LogP contribution is -1.99. The summed E-state index contributed by atoms with van der Waals surface area (Å²) in [7, 11) is 0. The Kier molecular flexibility index (Phi) is 4.93. The van der Waals surface area contributed by atoms with Crippen LogP contribution in [0.1, 0.15) is 21.5 Å². The third-order valence-electron chi connectivity index (χ3n) is 2.82. The van der Waals surface area contributed by atoms with Crippen molar-refractivity contribution >= 4 is 55.1 Å². The van der Waals surface area contributed by atoms with Crippen LogP contribution < -0.4 is 0 Å². The molecule has 0 fully saturated rings. The van der Waals surface area contributed by atoms with Gasteiger partial charge in [-0.15, -0.1) is 0 Å². The molecular formula is C14H9Br2Cl2F. The summed E-state index contributed by atoms with van der Waals surface area (Å²) in [6, 6.07) is 8.51. The highest BCUT2D eigenvalue weighted by Gasteiger charge is 2.18. The van der Waals surface area contributed by atoms with Gasteiger partial charge in [-0.1, -0.05) is 45.2 Å². The van der Waals surface area contributed by atoms with Gasteiger partial charge in [-0.3, -0.25) is 0 Å². The van der Waals surface area contributed by atoms with E-state index in [-0.39, 0.29) is 10.6 Å². The van der Waals surface area contributed by atoms with Gasteiger partial charge in [0.1, 0.15) is 5.82 Å². The van der Waals surface area contributed by atoms with E-state index < -0.39 is 0 Å². The van der Waals surface area contributed by atoms with Gasteiger partial charge < -0.3 is 0 Å². The first-order valence-electron chi connectivity index (χ1n) is 5.44. The van der Waals surface area contributed by atoms with Crippen LogP contribution in [0.25, 0.3) is 0 Å². The lowest BCUT2D eigenvalue weighted by molar-refractivity contribution is 0.612. The molecule has 0 saturated heterocycles. The smallest absolute Gasteiger partial charge is 0.129 e. The largest absolute Gasteiger partial charge is 0.207 e. The molecular weight excluding hydrogens is 418 g/mol. The van der Waals surface area contributed by atoms with E-state index in [0.29, 0.717) is 20.1 Å². The molecule has 0 radical (unpaired) electrons. The lowest BCUT2D eigenvalue weighted by atomic mass is 10.00. The topological polar surface area (TPSA) is 0 Å². The predicted octanol–water partition coefficient (Wildman–Crippen LogP) is 6.69. The molecule has 1 unspecified atom stereocenters. The van der Waals surface area contributed by atoms with Gasteiger partial charge in [-0.05, 0) is 58.2 Å². The summed E-state index contributed by atoms with van der Waals surface area (Å²) in [6.07, 6.45) is 0. The number of aryl methyl sites for hydroxylation is 1. The van der Waals surface area contributed by atoms with E-state index in [1.54, 1.807) is 12.1 Å². The van der Waals surface area contributed by atoms with Crippen LogP contribution in [0, 0.1) is 12.7 Å². The van der Waals surface area contributed by atoms with Gasteiger partial charge in [0.25, 0.3) is 0 Å². The summed E-state index contributed by atoms with van der Waals surface area (Å²) in [5, 5.41) is 1.14. The van der Waals surface area contributed by atoms with Crippen molar-refractivity contribution in [2.75, 3.05) is 0 Å². The Hall–Kier alpha value is -0.0900. The Morgan fingerprint density at radius 1 is 1.11 bits per heavy atom. The maximum Gasteiger partial charge on any atom is 0.129 e. The van der Waals surface area contributed by atoms with Gasteiger partial charge in [-0.25, -0.2) is 4.39 Å². The summed E-state index contributed by atoms with van der Waals surface area (Å²) >= 11 is 18.7. The second-order valence-corrected chi connectivity index (χ2v) is 6.76. The average molecular weight is 427 g/mol. The molecule has 0 aliphatic rings. The Bertz CT molecular complexity index is 629. The number of alkyl halides is 1. The Morgan fingerprint density at radius 2 is 1.79 bits per heavy atom. The van der Waals surface area contributed by atoms with Crippen LogP contribution >= 0.6 is 55.1 Å². The lowest BCUT2D eigenvalue weighted by Gasteiger charge is -2.15. The van der Waals surface area contributed by atoms with Crippen molar-refractivity contribution in [1.82, 2.24) is 0 Å². The van der Waals surface area contributed by atoms with Crippen molar-refractivity contribution in [2.45, 2.75) is 11.8 Å². The molecule has 0 nitrogen and oxygen atoms in total. The number of hydrogen-bond donors (Lipinski definition) is 0. The fourth-order valence-electron chi connectivity index (χ4n) is 1.82. The van der Waals surface area contributed by atoms with Crippen molar-refractivity contribution in [3.63, 3.8) is 0 Å². The minimum Gasteiger partial charge on any atom is -0.207 e. The van der Waals surface area contributed by atoms with Crippen molar-refractivity contribution in [3.05, 3.63) is 67.4 Å². The first kappa shape index (κ1) is 15.3. The van der Waals surface area contributed by atoms with Gasteiger partial charge in [0.05, 0.1) is 9.85 Å². The van der Waals surface area contributed by atoms with E-state index in [4.69, 9.17) is 23.2 Å². The van der Waals surface area contributed by atoms with Gasteiger partial charge in [-0.2, -0.15) is 0 Å². The van der Waals surface area contributed by atoms with Crippen LogP contribution in [0.15, 0.2) is 34.8 Å². The monoisotopic (exact) mass is 424 g/mol. The molecule has 2 rings (SSSR count). The van der Waals surface area contributed by atoms with Gasteiger partial charge in [0, 0.05) is 15.1 Å². The molecule has 2 aromatic rings. The maximum atomic E-state index is 14.0. The molecule has 5 heteroatoms. The molecule has 2 aromatic carbocycles. The fraction of sp³-hybridized carbons (Fsp3) is 0.143. The van der Waals surface area contributed by atoms with Gasteiger partial charge >= 0.3 is 0 Å². The molecule has 1 atom stereocenters. The van der Waals surface area contributed by atoms with Crippen molar-refractivity contribution < 1.29 is 4.39 Å². The second-order valence-electron chi connectivity index (χ2n) is 4.15. The predicted molar refractivity (Wildman–Crippen MR) is 86.1 cm³/mol. The normalized spacial score (nSPS) is 12.5. The number of rotatable bonds is 2. The molecule has 0 aliphatic carbocycles. The molecule has 0 aromatic heterocycles. The molecule has 0 spiro atoms. The zero-order chi connectivity index (χ0) is 14.2. The quantitative estimate of drug-likeness (QED) is 0.370. The Morgan fingerprint density at radius 3 is 2.42 bits per heavy atom. The molecule has 100 valence electrons. The summed E-state index contributed by atoms with van der Waals surface area (Å²) in [6.45, 7) is 1.94. The Balaban J connectivity index is 2.49. The number of halogens is 5. The highest BCUT2D eigenvalue weighted by Crippen LogP contribution is 2.38. The first-order valence-corrected chi connectivity index (χ1v) is 7.91. The Labute approximate surface area is 138 Å². The summed E-state index contributed by atoms with van der Waals surface area (Å²) in [5.41, 5.74) is 2.45. The molecule has 0 bridgehead atoms. The molecule has 0 saturated carbocycles. The standard InChI is InChI=1S/C14H9Br2Cl2F/c1-7-4-8(17)2-3-9(7)14(16)10-5-12(18)11(15)6-13(10)19/h2-6,14H,1H3. The van der Waals surface area contributed by atoms with Crippen LogP contribution in [0.5, 0.6) is 0 Å². The van der Waals surface area contributed by atoms with Crippen LogP contribution in [0.4, 0.5) is 4.39 Å². The van der Waals surface area contributed by atoms with Crippen LogP contribution in [-0.2, 0) is 0 Å². The minimum atomic E-state index is -0.312. The summed E-state index contributed by atoms with van der Waals surface area (Å²) < 4.78 is 14.6. The summed E-state index contributed by atoms with van der Waals surface area (Å²) in [5.74, 6) is -0.312. The third kappa shape index (κ3) is 3.33. The van der Waals surface area contributed by atoms with Crippen LogP contribution in [0.2, 0.25) is 10.0 Å². The van der Waals surface area contributed by atoms with E-state index in [1.165, 1.54) is 6.07 Å². The highest BCUT2D eigenvalue weighted by molar-refractivity contribution is 9.10. The first-order chi connectivity index (χ1) is 8.90. The summed E-state index contributed by atoms with van der Waals surface area (Å²) in [4.78, 5) is -0.268. The maximum absolute atomic E-state index is 14.0. The molecule has 0 amide bonds.